The monoisotopic (exact) mass is 257 g/mol. The van der Waals surface area contributed by atoms with Gasteiger partial charge >= 0.3 is 0 Å². The topological polar surface area (TPSA) is 66.4 Å². The number of hydrogen-bond donors (Lipinski definition) is 2. The van der Waals surface area contributed by atoms with Gasteiger partial charge in [0.2, 0.25) is 10.0 Å². The van der Waals surface area contributed by atoms with Crippen LogP contribution in [0.4, 0.5) is 5.69 Å². The molecule has 4 nitrogen and oxygen atoms in total. The van der Waals surface area contributed by atoms with Crippen LogP contribution < -0.4 is 4.72 Å². The molecule has 1 rings (SSSR count). The lowest BCUT2D eigenvalue weighted by molar-refractivity contribution is 0.473. The number of phenols is 1. The Morgan fingerprint density at radius 1 is 1.18 bits per heavy atom. The molecule has 0 aliphatic heterocycles. The Morgan fingerprint density at radius 2 is 1.71 bits per heavy atom. The minimum atomic E-state index is -3.52. The van der Waals surface area contributed by atoms with Crippen molar-refractivity contribution >= 4 is 15.7 Å². The quantitative estimate of drug-likeness (QED) is 0.800. The number of phenolic OH excluding ortho intramolecular Hbond substituents is 1. The summed E-state index contributed by atoms with van der Waals surface area (Å²) in [5, 5.41) is 9.82. The molecule has 0 amide bonds. The molecule has 0 saturated heterocycles. The molecule has 0 atom stereocenters. The summed E-state index contributed by atoms with van der Waals surface area (Å²) in [5.41, 5.74) is 1.78. The molecule has 0 bridgehead atoms. The van der Waals surface area contributed by atoms with Crippen LogP contribution in [0.5, 0.6) is 5.75 Å². The summed E-state index contributed by atoms with van der Waals surface area (Å²) in [5.74, 6) is -0.0246. The summed E-state index contributed by atoms with van der Waals surface area (Å²) in [6.45, 7) is 8.40. The zero-order chi connectivity index (χ0) is 13.4. The number of aryl methyl sites for hydroxylation is 2. The van der Waals surface area contributed by atoms with Gasteiger partial charge in [-0.3, -0.25) is 4.72 Å². The summed E-state index contributed by atoms with van der Waals surface area (Å²) in [7, 11) is -3.52. The zero-order valence-electron chi connectivity index (χ0n) is 10.8. The third kappa shape index (κ3) is 2.91. The van der Waals surface area contributed by atoms with E-state index in [9.17, 15) is 13.5 Å². The van der Waals surface area contributed by atoms with E-state index in [4.69, 9.17) is 0 Å². The van der Waals surface area contributed by atoms with Crippen molar-refractivity contribution in [1.82, 2.24) is 0 Å². The van der Waals surface area contributed by atoms with Crippen molar-refractivity contribution in [3.8, 4) is 5.75 Å². The first kappa shape index (κ1) is 13.8. The highest BCUT2D eigenvalue weighted by molar-refractivity contribution is 7.94. The molecule has 2 N–H and O–H groups in total. The summed E-state index contributed by atoms with van der Waals surface area (Å²) in [6.07, 6.45) is 0. The third-order valence-electron chi connectivity index (χ3n) is 2.50. The Morgan fingerprint density at radius 3 is 2.18 bits per heavy atom. The van der Waals surface area contributed by atoms with Crippen molar-refractivity contribution in [3.63, 3.8) is 0 Å². The van der Waals surface area contributed by atoms with E-state index in [1.807, 2.05) is 6.92 Å². The van der Waals surface area contributed by atoms with E-state index in [-0.39, 0.29) is 11.4 Å². The Hall–Kier alpha value is -1.23. The van der Waals surface area contributed by atoms with Crippen molar-refractivity contribution in [2.24, 2.45) is 0 Å². The number of rotatable bonds is 2. The fraction of sp³-hybridized carbons (Fsp3) is 0.500. The standard InChI is InChI=1S/C12H19NO3S/c1-8-6-9(2)11(14)10(7-8)13-17(15,16)12(3,4)5/h6-7,13-14H,1-5H3. The lowest BCUT2D eigenvalue weighted by Gasteiger charge is -2.21. The number of anilines is 1. The van der Waals surface area contributed by atoms with Crippen LogP contribution in [0.1, 0.15) is 31.9 Å². The fourth-order valence-corrected chi connectivity index (χ4v) is 2.09. The normalized spacial score (nSPS) is 12.5. The number of nitrogens with one attached hydrogen (secondary N) is 1. The maximum atomic E-state index is 12.0. The van der Waals surface area contributed by atoms with Gasteiger partial charge in [0.05, 0.1) is 10.4 Å². The van der Waals surface area contributed by atoms with Gasteiger partial charge in [-0.25, -0.2) is 8.42 Å². The predicted octanol–water partition coefficient (Wildman–Crippen LogP) is 2.55. The second-order valence-electron chi connectivity index (χ2n) is 5.20. The highest BCUT2D eigenvalue weighted by Gasteiger charge is 2.29. The second kappa shape index (κ2) is 4.22. The number of hydrogen-bond acceptors (Lipinski definition) is 3. The lowest BCUT2D eigenvalue weighted by Crippen LogP contribution is -2.33. The highest BCUT2D eigenvalue weighted by atomic mass is 32.2. The van der Waals surface area contributed by atoms with Gasteiger partial charge in [-0.2, -0.15) is 0 Å². The van der Waals surface area contributed by atoms with Crippen LogP contribution >= 0.6 is 0 Å². The SMILES string of the molecule is Cc1cc(C)c(O)c(NS(=O)(=O)C(C)(C)C)c1. The molecule has 0 saturated carbocycles. The van der Waals surface area contributed by atoms with E-state index in [2.05, 4.69) is 4.72 Å². The number of sulfonamides is 1. The molecule has 0 radical (unpaired) electrons. The predicted molar refractivity (Wildman–Crippen MR) is 69.9 cm³/mol. The van der Waals surface area contributed by atoms with Crippen molar-refractivity contribution in [2.75, 3.05) is 4.72 Å². The maximum Gasteiger partial charge on any atom is 0.237 e. The van der Waals surface area contributed by atoms with E-state index < -0.39 is 14.8 Å². The minimum Gasteiger partial charge on any atom is -0.505 e. The lowest BCUT2D eigenvalue weighted by atomic mass is 10.1. The van der Waals surface area contributed by atoms with Crippen LogP contribution in [0.15, 0.2) is 12.1 Å². The van der Waals surface area contributed by atoms with Gasteiger partial charge in [0.1, 0.15) is 5.75 Å². The molecule has 1 aromatic carbocycles. The van der Waals surface area contributed by atoms with Crippen molar-refractivity contribution < 1.29 is 13.5 Å². The first-order valence-corrected chi connectivity index (χ1v) is 6.85. The van der Waals surface area contributed by atoms with Crippen LogP contribution in [0.2, 0.25) is 0 Å². The Balaban J connectivity index is 3.22. The molecule has 0 aromatic heterocycles. The van der Waals surface area contributed by atoms with Crippen molar-refractivity contribution in [1.29, 1.82) is 0 Å². The van der Waals surface area contributed by atoms with Crippen LogP contribution in [-0.2, 0) is 10.0 Å². The summed E-state index contributed by atoms with van der Waals surface area (Å²) < 4.78 is 25.5. The van der Waals surface area contributed by atoms with Gasteiger partial charge in [-0.15, -0.1) is 0 Å². The Labute approximate surface area is 103 Å². The molecule has 0 spiro atoms. The van der Waals surface area contributed by atoms with E-state index in [0.29, 0.717) is 5.56 Å². The first-order chi connectivity index (χ1) is 7.54. The Bertz CT molecular complexity index is 527. The molecule has 0 heterocycles. The van der Waals surface area contributed by atoms with Gasteiger partial charge in [-0.1, -0.05) is 6.07 Å². The van der Waals surface area contributed by atoms with Gasteiger partial charge in [-0.05, 0) is 51.8 Å². The zero-order valence-corrected chi connectivity index (χ0v) is 11.6. The first-order valence-electron chi connectivity index (χ1n) is 5.37. The molecule has 0 fully saturated rings. The largest absolute Gasteiger partial charge is 0.505 e. The summed E-state index contributed by atoms with van der Waals surface area (Å²) in [6, 6.07) is 3.41. The highest BCUT2D eigenvalue weighted by Crippen LogP contribution is 2.31. The van der Waals surface area contributed by atoms with E-state index >= 15 is 0 Å². The smallest absolute Gasteiger partial charge is 0.237 e. The molecule has 0 aliphatic carbocycles. The molecule has 96 valence electrons. The number of benzene rings is 1. The second-order valence-corrected chi connectivity index (χ2v) is 7.63. The van der Waals surface area contributed by atoms with Crippen LogP contribution in [0.3, 0.4) is 0 Å². The van der Waals surface area contributed by atoms with Gasteiger partial charge in [0, 0.05) is 0 Å². The van der Waals surface area contributed by atoms with Crippen LogP contribution in [0.25, 0.3) is 0 Å². The van der Waals surface area contributed by atoms with Crippen molar-refractivity contribution in [3.05, 3.63) is 23.3 Å². The molecular formula is C12H19NO3S. The average molecular weight is 257 g/mol. The molecular weight excluding hydrogens is 238 g/mol. The molecule has 1 aromatic rings. The van der Waals surface area contributed by atoms with Gasteiger partial charge in [0.25, 0.3) is 0 Å². The van der Waals surface area contributed by atoms with E-state index in [1.54, 1.807) is 39.8 Å². The summed E-state index contributed by atoms with van der Waals surface area (Å²) in [4.78, 5) is 0. The molecule has 17 heavy (non-hydrogen) atoms. The van der Waals surface area contributed by atoms with E-state index in [0.717, 1.165) is 5.56 Å². The summed E-state index contributed by atoms with van der Waals surface area (Å²) >= 11 is 0. The fourth-order valence-electron chi connectivity index (χ4n) is 1.34. The molecule has 0 aliphatic rings. The van der Waals surface area contributed by atoms with Crippen LogP contribution in [-0.4, -0.2) is 18.3 Å². The van der Waals surface area contributed by atoms with Crippen LogP contribution in [0, 0.1) is 13.8 Å². The van der Waals surface area contributed by atoms with Gasteiger partial charge in [0.15, 0.2) is 0 Å². The Kier molecular flexibility index (Phi) is 3.43. The minimum absolute atomic E-state index is 0.0246. The van der Waals surface area contributed by atoms with E-state index in [1.165, 1.54) is 0 Å². The molecule has 0 unspecified atom stereocenters. The maximum absolute atomic E-state index is 12.0. The van der Waals surface area contributed by atoms with Crippen molar-refractivity contribution in [2.45, 2.75) is 39.4 Å². The molecule has 5 heteroatoms. The number of aromatic hydroxyl groups is 1. The third-order valence-corrected chi connectivity index (χ3v) is 4.60. The van der Waals surface area contributed by atoms with Gasteiger partial charge < -0.3 is 5.11 Å². The average Bonchev–Trinajstić information content (AvgIpc) is 2.11.